The molecule has 114 valence electrons. The maximum atomic E-state index is 12.1. The fourth-order valence-electron chi connectivity index (χ4n) is 1.79. The molecule has 1 unspecified atom stereocenters. The molecule has 0 aliphatic carbocycles. The van der Waals surface area contributed by atoms with Gasteiger partial charge in [0.2, 0.25) is 5.91 Å². The third-order valence-corrected chi connectivity index (χ3v) is 3.96. The average molecular weight is 310 g/mol. The predicted octanol–water partition coefficient (Wildman–Crippen LogP) is 0.405. The minimum atomic E-state index is -1.51. The number of rotatable bonds is 7. The Hall–Kier alpha value is -1.93. The number of hydrogen-bond donors (Lipinski definition) is 3. The number of nitrogens with one attached hydrogen (secondary N) is 2. The van der Waals surface area contributed by atoms with Crippen LogP contribution in [0.3, 0.4) is 0 Å². The zero-order chi connectivity index (χ0) is 15.2. The average Bonchev–Trinajstić information content (AvgIpc) is 2.86. The van der Waals surface area contributed by atoms with Crippen molar-refractivity contribution < 1.29 is 13.7 Å². The third kappa shape index (κ3) is 4.27. The Labute approximate surface area is 124 Å². The molecule has 7 nitrogen and oxygen atoms in total. The van der Waals surface area contributed by atoms with Gasteiger partial charge in [-0.3, -0.25) is 9.00 Å². The second-order valence-electron chi connectivity index (χ2n) is 4.50. The Balaban J connectivity index is 1.94. The maximum absolute atomic E-state index is 12.1. The van der Waals surface area contributed by atoms with Crippen LogP contribution in [0.5, 0.6) is 0 Å². The van der Waals surface area contributed by atoms with Crippen LogP contribution in [0, 0.1) is 0 Å². The molecule has 2 aromatic rings. The van der Waals surface area contributed by atoms with Gasteiger partial charge in [0, 0.05) is 25.9 Å². The number of amides is 1. The standard InChI is InChI=1S/C13H18N4O3S/c1-20-6-2-5-15-12(18)8-21(19)13-16-10-4-3-9(14)7-11(10)17-13/h3-4,7H,2,5-6,8,14H2,1H3,(H,15,18)(H,16,17). The largest absolute Gasteiger partial charge is 0.399 e. The SMILES string of the molecule is COCCCNC(=O)CS(=O)c1nc2ccc(N)cc2[nH]1. The van der Waals surface area contributed by atoms with Gasteiger partial charge in [-0.05, 0) is 24.6 Å². The molecule has 0 fully saturated rings. The van der Waals surface area contributed by atoms with Gasteiger partial charge in [-0.1, -0.05) is 0 Å². The number of benzene rings is 1. The Kier molecular flexibility index (Phi) is 5.29. The van der Waals surface area contributed by atoms with E-state index in [4.69, 9.17) is 10.5 Å². The van der Waals surface area contributed by atoms with E-state index in [1.54, 1.807) is 25.3 Å². The highest BCUT2D eigenvalue weighted by molar-refractivity contribution is 7.85. The summed E-state index contributed by atoms with van der Waals surface area (Å²) in [6, 6.07) is 5.18. The number of fused-ring (bicyclic) bond motifs is 1. The Bertz CT molecular complexity index is 656. The number of carbonyl (C=O) groups excluding carboxylic acids is 1. The van der Waals surface area contributed by atoms with Crippen molar-refractivity contribution in [1.29, 1.82) is 0 Å². The Morgan fingerprint density at radius 1 is 1.52 bits per heavy atom. The monoisotopic (exact) mass is 310 g/mol. The Morgan fingerprint density at radius 2 is 2.33 bits per heavy atom. The minimum absolute atomic E-state index is 0.123. The molecular weight excluding hydrogens is 292 g/mol. The van der Waals surface area contributed by atoms with Gasteiger partial charge >= 0.3 is 0 Å². The summed E-state index contributed by atoms with van der Waals surface area (Å²) in [4.78, 5) is 18.8. The number of imidazole rings is 1. The van der Waals surface area contributed by atoms with Crippen LogP contribution in [-0.2, 0) is 20.3 Å². The first-order valence-corrected chi connectivity index (χ1v) is 7.81. The number of H-pyrrole nitrogens is 1. The molecule has 21 heavy (non-hydrogen) atoms. The fraction of sp³-hybridized carbons (Fsp3) is 0.385. The summed E-state index contributed by atoms with van der Waals surface area (Å²) in [5.74, 6) is -0.396. The van der Waals surface area contributed by atoms with Gasteiger partial charge in [0.25, 0.3) is 0 Å². The molecule has 4 N–H and O–H groups in total. The van der Waals surface area contributed by atoms with E-state index in [1.807, 2.05) is 0 Å². The normalized spacial score (nSPS) is 12.4. The highest BCUT2D eigenvalue weighted by Crippen LogP contribution is 2.16. The van der Waals surface area contributed by atoms with E-state index in [-0.39, 0.29) is 16.8 Å². The molecule has 0 aliphatic heterocycles. The molecule has 1 aromatic heterocycles. The molecule has 0 aliphatic rings. The van der Waals surface area contributed by atoms with Crippen molar-refractivity contribution in [3.63, 3.8) is 0 Å². The summed E-state index contributed by atoms with van der Waals surface area (Å²) in [6.45, 7) is 1.08. The van der Waals surface area contributed by atoms with Crippen molar-refractivity contribution in [3.8, 4) is 0 Å². The number of carbonyl (C=O) groups is 1. The quantitative estimate of drug-likeness (QED) is 0.506. The topological polar surface area (TPSA) is 110 Å². The number of anilines is 1. The first-order chi connectivity index (χ1) is 10.1. The molecule has 0 spiro atoms. The summed E-state index contributed by atoms with van der Waals surface area (Å²) in [7, 11) is 0.0916. The molecule has 1 atom stereocenters. The Morgan fingerprint density at radius 3 is 3.10 bits per heavy atom. The van der Waals surface area contributed by atoms with Crippen LogP contribution in [0.25, 0.3) is 11.0 Å². The molecule has 1 amide bonds. The van der Waals surface area contributed by atoms with E-state index < -0.39 is 10.8 Å². The highest BCUT2D eigenvalue weighted by atomic mass is 32.2. The summed E-state index contributed by atoms with van der Waals surface area (Å²) in [5, 5.41) is 2.97. The molecule has 0 saturated heterocycles. The van der Waals surface area contributed by atoms with Crippen molar-refractivity contribution in [1.82, 2.24) is 15.3 Å². The number of hydrogen-bond acceptors (Lipinski definition) is 5. The van der Waals surface area contributed by atoms with Gasteiger partial charge in [-0.15, -0.1) is 0 Å². The third-order valence-electron chi connectivity index (χ3n) is 2.81. The molecule has 1 aromatic carbocycles. The summed E-state index contributed by atoms with van der Waals surface area (Å²) in [6.07, 6.45) is 0.721. The lowest BCUT2D eigenvalue weighted by molar-refractivity contribution is -0.118. The van der Waals surface area contributed by atoms with Crippen LogP contribution in [0.15, 0.2) is 23.4 Å². The van der Waals surface area contributed by atoms with E-state index in [1.165, 1.54) is 0 Å². The van der Waals surface area contributed by atoms with Crippen molar-refractivity contribution in [3.05, 3.63) is 18.2 Å². The van der Waals surface area contributed by atoms with Crippen LogP contribution in [0.2, 0.25) is 0 Å². The van der Waals surface area contributed by atoms with Gasteiger partial charge < -0.3 is 20.8 Å². The number of aromatic amines is 1. The first-order valence-electron chi connectivity index (χ1n) is 6.49. The molecule has 8 heteroatoms. The van der Waals surface area contributed by atoms with E-state index in [2.05, 4.69) is 15.3 Å². The van der Waals surface area contributed by atoms with Gasteiger partial charge in [-0.2, -0.15) is 0 Å². The van der Waals surface area contributed by atoms with Crippen LogP contribution in [0.1, 0.15) is 6.42 Å². The number of nitrogens with two attached hydrogens (primary N) is 1. The molecule has 0 bridgehead atoms. The molecule has 0 saturated carbocycles. The molecule has 1 heterocycles. The predicted molar refractivity (Wildman–Crippen MR) is 81.3 cm³/mol. The van der Waals surface area contributed by atoms with Crippen molar-refractivity contribution >= 4 is 33.4 Å². The number of aromatic nitrogens is 2. The lowest BCUT2D eigenvalue weighted by atomic mass is 10.3. The van der Waals surface area contributed by atoms with E-state index >= 15 is 0 Å². The van der Waals surface area contributed by atoms with Gasteiger partial charge in [-0.25, -0.2) is 4.98 Å². The second kappa shape index (κ2) is 7.19. The van der Waals surface area contributed by atoms with Crippen molar-refractivity contribution in [2.45, 2.75) is 11.6 Å². The zero-order valence-corrected chi connectivity index (χ0v) is 12.5. The second-order valence-corrected chi connectivity index (χ2v) is 5.87. The molecule has 0 radical (unpaired) electrons. The molecular formula is C13H18N4O3S. The first kappa shape index (κ1) is 15.5. The van der Waals surface area contributed by atoms with Crippen LogP contribution in [0.4, 0.5) is 5.69 Å². The minimum Gasteiger partial charge on any atom is -0.399 e. The van der Waals surface area contributed by atoms with Crippen LogP contribution >= 0.6 is 0 Å². The fourth-order valence-corrected chi connectivity index (χ4v) is 2.70. The van der Waals surface area contributed by atoms with Gasteiger partial charge in [0.05, 0.1) is 21.8 Å². The van der Waals surface area contributed by atoms with Gasteiger partial charge in [0.1, 0.15) is 5.75 Å². The number of nitrogens with zero attached hydrogens (tertiary/aromatic N) is 1. The highest BCUT2D eigenvalue weighted by Gasteiger charge is 2.14. The summed E-state index contributed by atoms with van der Waals surface area (Å²) < 4.78 is 17.0. The smallest absolute Gasteiger partial charge is 0.233 e. The van der Waals surface area contributed by atoms with E-state index in [9.17, 15) is 9.00 Å². The maximum Gasteiger partial charge on any atom is 0.233 e. The number of ether oxygens (including phenoxy) is 1. The summed E-state index contributed by atoms with van der Waals surface area (Å²) >= 11 is 0. The lowest BCUT2D eigenvalue weighted by Crippen LogP contribution is -2.29. The van der Waals surface area contributed by atoms with Crippen molar-refractivity contribution in [2.24, 2.45) is 0 Å². The number of nitrogen functional groups attached to an aromatic ring is 1. The van der Waals surface area contributed by atoms with Crippen LogP contribution in [-0.4, -0.2) is 46.1 Å². The number of methoxy groups -OCH3 is 1. The zero-order valence-electron chi connectivity index (χ0n) is 11.7. The van der Waals surface area contributed by atoms with Crippen LogP contribution < -0.4 is 11.1 Å². The molecule has 2 rings (SSSR count). The van der Waals surface area contributed by atoms with Crippen molar-refractivity contribution in [2.75, 3.05) is 31.7 Å². The summed E-state index contributed by atoms with van der Waals surface area (Å²) in [5.41, 5.74) is 7.65. The lowest BCUT2D eigenvalue weighted by Gasteiger charge is -2.03. The van der Waals surface area contributed by atoms with E-state index in [0.29, 0.717) is 29.9 Å². The van der Waals surface area contributed by atoms with Gasteiger partial charge in [0.15, 0.2) is 5.16 Å². The van der Waals surface area contributed by atoms with E-state index in [0.717, 1.165) is 6.42 Å².